The number of hydrogen-bond acceptors (Lipinski definition) is 5. The Kier molecular flexibility index (Phi) is 8.16. The molecule has 7 heteroatoms. The van der Waals surface area contributed by atoms with E-state index < -0.39 is 0 Å². The number of carbonyl (C=O) groups excluding carboxylic acids is 2. The van der Waals surface area contributed by atoms with Crippen LogP contribution in [0, 0.1) is 0 Å². The molecule has 0 aromatic heterocycles. The molecule has 2 aliphatic rings. The highest BCUT2D eigenvalue weighted by atomic mass is 16.5. The third-order valence-electron chi connectivity index (χ3n) is 7.36. The summed E-state index contributed by atoms with van der Waals surface area (Å²) in [5.41, 5.74) is 2.28. The molecule has 1 N–H and O–H groups in total. The molecule has 1 saturated heterocycles. The molecular formula is C28H37N3O4. The van der Waals surface area contributed by atoms with Crippen molar-refractivity contribution in [1.29, 1.82) is 0 Å². The zero-order valence-corrected chi connectivity index (χ0v) is 21.1. The van der Waals surface area contributed by atoms with Gasteiger partial charge in [0.25, 0.3) is 11.8 Å². The first-order valence-corrected chi connectivity index (χ1v) is 12.6. The summed E-state index contributed by atoms with van der Waals surface area (Å²) < 4.78 is 10.6. The van der Waals surface area contributed by atoms with Gasteiger partial charge in [0.2, 0.25) is 0 Å². The van der Waals surface area contributed by atoms with Gasteiger partial charge in [0.05, 0.1) is 19.8 Å². The average Bonchev–Trinajstić information content (AvgIpc) is 2.92. The van der Waals surface area contributed by atoms with Crippen LogP contribution in [0.1, 0.15) is 65.7 Å². The van der Waals surface area contributed by atoms with Gasteiger partial charge >= 0.3 is 0 Å². The fourth-order valence-corrected chi connectivity index (χ4v) is 5.23. The third kappa shape index (κ3) is 5.89. The first kappa shape index (κ1) is 24.9. The molecule has 0 unspecified atom stereocenters. The van der Waals surface area contributed by atoms with Gasteiger partial charge in [-0.3, -0.25) is 9.59 Å². The van der Waals surface area contributed by atoms with Gasteiger partial charge in [-0.05, 0) is 49.9 Å². The Hall–Kier alpha value is -3.22. The molecule has 2 aromatic carbocycles. The van der Waals surface area contributed by atoms with Gasteiger partial charge in [0, 0.05) is 49.5 Å². The van der Waals surface area contributed by atoms with E-state index in [0.717, 1.165) is 50.0 Å². The Morgan fingerprint density at radius 3 is 2.17 bits per heavy atom. The van der Waals surface area contributed by atoms with Crippen LogP contribution in [0.4, 0.5) is 5.69 Å². The molecule has 7 nitrogen and oxygen atoms in total. The molecule has 0 spiro atoms. The van der Waals surface area contributed by atoms with E-state index in [2.05, 4.69) is 10.2 Å². The Bertz CT molecular complexity index is 1000. The molecule has 0 radical (unpaired) electrons. The SMILES string of the molecule is COc1cc(OC)cc(C(=O)NC2CCN(c3ccccc3C(=O)N(C)C3CCCCC3)CC2)c1. The Labute approximate surface area is 208 Å². The van der Waals surface area contributed by atoms with Gasteiger partial charge in [-0.2, -0.15) is 0 Å². The van der Waals surface area contributed by atoms with Crippen molar-refractivity contribution in [1.82, 2.24) is 10.2 Å². The molecule has 1 aliphatic carbocycles. The lowest BCUT2D eigenvalue weighted by Gasteiger charge is -2.36. The molecule has 1 aliphatic heterocycles. The summed E-state index contributed by atoms with van der Waals surface area (Å²) in [5.74, 6) is 1.15. The van der Waals surface area contributed by atoms with Crippen molar-refractivity contribution in [3.8, 4) is 11.5 Å². The number of rotatable bonds is 7. The molecule has 1 heterocycles. The second kappa shape index (κ2) is 11.5. The van der Waals surface area contributed by atoms with E-state index in [9.17, 15) is 9.59 Å². The number of benzene rings is 2. The number of nitrogens with zero attached hydrogens (tertiary/aromatic N) is 2. The van der Waals surface area contributed by atoms with Crippen molar-refractivity contribution in [2.75, 3.05) is 39.3 Å². The molecule has 2 amide bonds. The van der Waals surface area contributed by atoms with Crippen molar-refractivity contribution in [2.24, 2.45) is 0 Å². The zero-order valence-electron chi connectivity index (χ0n) is 21.1. The molecule has 4 rings (SSSR count). The second-order valence-electron chi connectivity index (χ2n) is 9.56. The van der Waals surface area contributed by atoms with Crippen molar-refractivity contribution < 1.29 is 19.1 Å². The van der Waals surface area contributed by atoms with Crippen molar-refractivity contribution >= 4 is 17.5 Å². The average molecular weight is 480 g/mol. The normalized spacial score (nSPS) is 17.1. The van der Waals surface area contributed by atoms with Crippen molar-refractivity contribution in [2.45, 2.75) is 57.0 Å². The van der Waals surface area contributed by atoms with Crippen LogP contribution in [0.15, 0.2) is 42.5 Å². The van der Waals surface area contributed by atoms with Gasteiger partial charge in [0.15, 0.2) is 0 Å². The third-order valence-corrected chi connectivity index (χ3v) is 7.36. The van der Waals surface area contributed by atoms with Crippen LogP contribution < -0.4 is 19.7 Å². The fraction of sp³-hybridized carbons (Fsp3) is 0.500. The van der Waals surface area contributed by atoms with E-state index in [1.807, 2.05) is 36.2 Å². The molecule has 188 valence electrons. The summed E-state index contributed by atoms with van der Waals surface area (Å²) in [6.07, 6.45) is 7.48. The summed E-state index contributed by atoms with van der Waals surface area (Å²) in [5, 5.41) is 3.16. The Morgan fingerprint density at radius 2 is 1.54 bits per heavy atom. The standard InChI is InChI=1S/C28H37N3O4/c1-30(22-9-5-4-6-10-22)28(33)25-11-7-8-12-26(25)31-15-13-21(14-16-31)29-27(32)20-17-23(34-2)19-24(18-20)35-3/h7-8,11-12,17-19,21-22H,4-6,9-10,13-16H2,1-3H3,(H,29,32). The number of methoxy groups -OCH3 is 2. The molecule has 35 heavy (non-hydrogen) atoms. The van der Waals surface area contributed by atoms with Crippen LogP contribution in [-0.2, 0) is 0 Å². The topological polar surface area (TPSA) is 71.1 Å². The van der Waals surface area contributed by atoms with Gasteiger partial charge in [0.1, 0.15) is 11.5 Å². The smallest absolute Gasteiger partial charge is 0.255 e. The first-order valence-electron chi connectivity index (χ1n) is 12.6. The van der Waals surface area contributed by atoms with Crippen LogP contribution in [0.3, 0.4) is 0 Å². The number of para-hydroxylation sites is 1. The molecule has 1 saturated carbocycles. The minimum Gasteiger partial charge on any atom is -0.497 e. The quantitative estimate of drug-likeness (QED) is 0.633. The number of nitrogens with one attached hydrogen (secondary N) is 1. The minimum absolute atomic E-state index is 0.0729. The summed E-state index contributed by atoms with van der Waals surface area (Å²) in [6, 6.07) is 13.5. The maximum Gasteiger partial charge on any atom is 0.255 e. The highest BCUT2D eigenvalue weighted by molar-refractivity contribution is 6.00. The lowest BCUT2D eigenvalue weighted by Crippen LogP contribution is -2.45. The van der Waals surface area contributed by atoms with Gasteiger partial charge < -0.3 is 24.6 Å². The van der Waals surface area contributed by atoms with Crippen LogP contribution >= 0.6 is 0 Å². The number of hydrogen-bond donors (Lipinski definition) is 1. The van der Waals surface area contributed by atoms with Crippen LogP contribution in [-0.4, -0.2) is 63.2 Å². The molecular weight excluding hydrogens is 442 g/mol. The molecule has 0 atom stereocenters. The summed E-state index contributed by atoms with van der Waals surface area (Å²) in [7, 11) is 5.09. The first-order chi connectivity index (χ1) is 17.0. The maximum absolute atomic E-state index is 13.4. The molecule has 2 aromatic rings. The van der Waals surface area contributed by atoms with E-state index in [0.29, 0.717) is 23.1 Å². The summed E-state index contributed by atoms with van der Waals surface area (Å²) in [4.78, 5) is 30.5. The predicted octanol–water partition coefficient (Wildman–Crippen LogP) is 4.51. The van der Waals surface area contributed by atoms with Crippen LogP contribution in [0.5, 0.6) is 11.5 Å². The molecule has 2 fully saturated rings. The number of carbonyl (C=O) groups is 2. The maximum atomic E-state index is 13.4. The Morgan fingerprint density at radius 1 is 0.914 bits per heavy atom. The van der Waals surface area contributed by atoms with Crippen LogP contribution in [0.25, 0.3) is 0 Å². The van der Waals surface area contributed by atoms with E-state index in [-0.39, 0.29) is 17.9 Å². The zero-order chi connectivity index (χ0) is 24.8. The lowest BCUT2D eigenvalue weighted by atomic mass is 9.94. The number of ether oxygens (including phenoxy) is 2. The van der Waals surface area contributed by atoms with Gasteiger partial charge in [-0.1, -0.05) is 31.4 Å². The summed E-state index contributed by atoms with van der Waals surface area (Å²) >= 11 is 0. The van der Waals surface area contributed by atoms with Gasteiger partial charge in [-0.15, -0.1) is 0 Å². The van der Waals surface area contributed by atoms with Crippen molar-refractivity contribution in [3.05, 3.63) is 53.6 Å². The van der Waals surface area contributed by atoms with Crippen molar-refractivity contribution in [3.63, 3.8) is 0 Å². The van der Waals surface area contributed by atoms with E-state index in [4.69, 9.17) is 9.47 Å². The highest BCUT2D eigenvalue weighted by Crippen LogP contribution is 2.29. The predicted molar refractivity (Wildman–Crippen MR) is 138 cm³/mol. The minimum atomic E-state index is -0.134. The van der Waals surface area contributed by atoms with E-state index in [1.54, 1.807) is 32.4 Å². The van der Waals surface area contributed by atoms with Crippen LogP contribution in [0.2, 0.25) is 0 Å². The van der Waals surface area contributed by atoms with E-state index in [1.165, 1.54) is 19.3 Å². The monoisotopic (exact) mass is 479 g/mol. The second-order valence-corrected chi connectivity index (χ2v) is 9.56. The van der Waals surface area contributed by atoms with E-state index >= 15 is 0 Å². The molecule has 0 bridgehead atoms. The lowest BCUT2D eigenvalue weighted by molar-refractivity contribution is 0.0696. The number of piperidine rings is 1. The summed E-state index contributed by atoms with van der Waals surface area (Å²) in [6.45, 7) is 1.56. The number of anilines is 1. The highest BCUT2D eigenvalue weighted by Gasteiger charge is 2.28. The number of amides is 2. The Balaban J connectivity index is 1.39. The largest absolute Gasteiger partial charge is 0.497 e. The fourth-order valence-electron chi connectivity index (χ4n) is 5.23. The van der Waals surface area contributed by atoms with Gasteiger partial charge in [-0.25, -0.2) is 0 Å².